The molecule has 0 saturated heterocycles. The minimum atomic E-state index is 0.171. The highest BCUT2D eigenvalue weighted by molar-refractivity contribution is 5.84. The lowest BCUT2D eigenvalue weighted by Crippen LogP contribution is -2.47. The van der Waals surface area contributed by atoms with Gasteiger partial charge in [-0.25, -0.2) is 0 Å². The maximum absolute atomic E-state index is 13.1. The van der Waals surface area contributed by atoms with E-state index in [0.29, 0.717) is 18.8 Å². The number of rotatable bonds is 5. The maximum atomic E-state index is 13.1. The average Bonchev–Trinajstić information content (AvgIpc) is 2.77. The van der Waals surface area contributed by atoms with Gasteiger partial charge < -0.3 is 24.2 Å². The number of benzene rings is 2. The number of carbonyl (C=O) groups excluding carboxylic acids is 1. The summed E-state index contributed by atoms with van der Waals surface area (Å²) in [5, 5.41) is 0. The summed E-state index contributed by atoms with van der Waals surface area (Å²) >= 11 is 0. The van der Waals surface area contributed by atoms with Gasteiger partial charge in [-0.3, -0.25) is 4.79 Å². The predicted octanol–water partition coefficient (Wildman–Crippen LogP) is 2.94. The fourth-order valence-corrected chi connectivity index (χ4v) is 4.33. The van der Waals surface area contributed by atoms with E-state index >= 15 is 0 Å². The van der Waals surface area contributed by atoms with Crippen LogP contribution in [0.25, 0.3) is 0 Å². The van der Waals surface area contributed by atoms with Crippen molar-refractivity contribution in [2.24, 2.45) is 0 Å². The lowest BCUT2D eigenvalue weighted by molar-refractivity contribution is -0.130. The van der Waals surface area contributed by atoms with Crippen LogP contribution in [0.3, 0.4) is 0 Å². The zero-order valence-corrected chi connectivity index (χ0v) is 17.5. The van der Waals surface area contributed by atoms with E-state index in [1.165, 1.54) is 11.3 Å². The molecular formula is C23H29N3O3. The average molecular weight is 396 g/mol. The lowest BCUT2D eigenvalue weighted by atomic mass is 9.98. The molecule has 2 aliphatic heterocycles. The highest BCUT2D eigenvalue weighted by Gasteiger charge is 2.27. The molecule has 0 N–H and O–H groups in total. The zero-order chi connectivity index (χ0) is 20.4. The van der Waals surface area contributed by atoms with Crippen molar-refractivity contribution in [2.75, 3.05) is 56.7 Å². The number of nitrogens with zero attached hydrogens (tertiary/aromatic N) is 3. The van der Waals surface area contributed by atoms with Crippen LogP contribution in [0.1, 0.15) is 18.1 Å². The van der Waals surface area contributed by atoms with E-state index in [9.17, 15) is 4.79 Å². The number of para-hydroxylation sites is 2. The Labute approximate surface area is 172 Å². The summed E-state index contributed by atoms with van der Waals surface area (Å²) in [6.07, 6.45) is 0.835. The van der Waals surface area contributed by atoms with E-state index in [1.54, 1.807) is 14.2 Å². The molecule has 0 unspecified atom stereocenters. The van der Waals surface area contributed by atoms with Gasteiger partial charge in [-0.2, -0.15) is 0 Å². The van der Waals surface area contributed by atoms with Crippen LogP contribution in [0, 0.1) is 0 Å². The molecule has 29 heavy (non-hydrogen) atoms. The minimum Gasteiger partial charge on any atom is -0.493 e. The normalized spacial score (nSPS) is 15.6. The molecule has 0 spiro atoms. The first kappa shape index (κ1) is 19.4. The smallest absolute Gasteiger partial charge is 0.242 e. The Morgan fingerprint density at radius 1 is 0.931 bits per heavy atom. The third-order valence-corrected chi connectivity index (χ3v) is 5.98. The molecule has 4 rings (SSSR count). The molecule has 0 atom stereocenters. The summed E-state index contributed by atoms with van der Waals surface area (Å²) in [7, 11) is 3.29. The van der Waals surface area contributed by atoms with E-state index < -0.39 is 0 Å². The summed E-state index contributed by atoms with van der Waals surface area (Å²) in [5.41, 5.74) is 4.74. The number of ether oxygens (including phenoxy) is 2. The summed E-state index contributed by atoms with van der Waals surface area (Å²) < 4.78 is 10.9. The van der Waals surface area contributed by atoms with Gasteiger partial charge in [0, 0.05) is 32.7 Å². The second-order valence-corrected chi connectivity index (χ2v) is 7.53. The zero-order valence-electron chi connectivity index (χ0n) is 17.5. The van der Waals surface area contributed by atoms with Gasteiger partial charge in [-0.1, -0.05) is 12.1 Å². The number of amides is 1. The molecule has 1 amide bonds. The number of anilines is 2. The Kier molecular flexibility index (Phi) is 5.51. The summed E-state index contributed by atoms with van der Waals surface area (Å²) in [5.74, 6) is 1.63. The molecule has 0 bridgehead atoms. The Bertz CT molecular complexity index is 899. The third-order valence-electron chi connectivity index (χ3n) is 5.98. The molecule has 2 aromatic carbocycles. The van der Waals surface area contributed by atoms with Gasteiger partial charge in [0.1, 0.15) is 0 Å². The second kappa shape index (κ2) is 8.23. The molecule has 0 radical (unpaired) electrons. The number of carbonyl (C=O) groups is 1. The topological polar surface area (TPSA) is 45.2 Å². The quantitative estimate of drug-likeness (QED) is 0.779. The second-order valence-electron chi connectivity index (χ2n) is 7.53. The Hall–Kier alpha value is -2.89. The predicted molar refractivity (Wildman–Crippen MR) is 115 cm³/mol. The van der Waals surface area contributed by atoms with Crippen molar-refractivity contribution < 1.29 is 14.3 Å². The standard InChI is InChI=1S/C23H29N3O3/c1-4-24-11-12-25(20-8-6-5-7-19(20)24)16-23(27)26-10-9-17-13-21(28-2)22(29-3)14-18(17)15-26/h5-8,13-14H,4,9-12,15-16H2,1-3H3. The lowest BCUT2D eigenvalue weighted by Gasteiger charge is -2.39. The van der Waals surface area contributed by atoms with Crippen LogP contribution in [-0.2, 0) is 17.8 Å². The van der Waals surface area contributed by atoms with Crippen molar-refractivity contribution in [3.8, 4) is 11.5 Å². The fourth-order valence-electron chi connectivity index (χ4n) is 4.33. The molecule has 2 aliphatic rings. The first-order chi connectivity index (χ1) is 14.1. The SMILES string of the molecule is CCN1CCN(CC(=O)N2CCc3cc(OC)c(OC)cc3C2)c2ccccc21. The van der Waals surface area contributed by atoms with Crippen molar-refractivity contribution >= 4 is 17.3 Å². The molecule has 6 nitrogen and oxygen atoms in total. The van der Waals surface area contributed by atoms with Crippen LogP contribution in [0.15, 0.2) is 36.4 Å². The number of likely N-dealkylation sites (N-methyl/N-ethyl adjacent to an activating group) is 1. The Morgan fingerprint density at radius 3 is 2.21 bits per heavy atom. The van der Waals surface area contributed by atoms with Gasteiger partial charge in [-0.15, -0.1) is 0 Å². The maximum Gasteiger partial charge on any atom is 0.242 e. The Morgan fingerprint density at radius 2 is 1.55 bits per heavy atom. The Balaban J connectivity index is 1.49. The van der Waals surface area contributed by atoms with E-state index in [0.717, 1.165) is 49.6 Å². The van der Waals surface area contributed by atoms with Gasteiger partial charge in [0.15, 0.2) is 11.5 Å². The van der Waals surface area contributed by atoms with Gasteiger partial charge in [0.2, 0.25) is 5.91 Å². The highest BCUT2D eigenvalue weighted by Crippen LogP contribution is 2.34. The molecule has 154 valence electrons. The van der Waals surface area contributed by atoms with Crippen LogP contribution in [0.5, 0.6) is 11.5 Å². The van der Waals surface area contributed by atoms with Gasteiger partial charge >= 0.3 is 0 Å². The number of hydrogen-bond acceptors (Lipinski definition) is 5. The fraction of sp³-hybridized carbons (Fsp3) is 0.435. The monoisotopic (exact) mass is 395 g/mol. The van der Waals surface area contributed by atoms with Crippen LogP contribution in [0.4, 0.5) is 11.4 Å². The molecule has 2 aromatic rings. The van der Waals surface area contributed by atoms with Crippen molar-refractivity contribution in [2.45, 2.75) is 19.9 Å². The highest BCUT2D eigenvalue weighted by atomic mass is 16.5. The van der Waals surface area contributed by atoms with E-state index in [-0.39, 0.29) is 5.91 Å². The van der Waals surface area contributed by atoms with Crippen LogP contribution < -0.4 is 19.3 Å². The summed E-state index contributed by atoms with van der Waals surface area (Å²) in [4.78, 5) is 19.7. The molecule has 0 aromatic heterocycles. The van der Waals surface area contributed by atoms with Gasteiger partial charge in [-0.05, 0) is 48.7 Å². The first-order valence-corrected chi connectivity index (χ1v) is 10.2. The number of hydrogen-bond donors (Lipinski definition) is 0. The largest absolute Gasteiger partial charge is 0.493 e. The third kappa shape index (κ3) is 3.71. The number of fused-ring (bicyclic) bond motifs is 2. The molecule has 0 fully saturated rings. The summed E-state index contributed by atoms with van der Waals surface area (Å²) in [6.45, 7) is 6.73. The molecule has 0 aliphatic carbocycles. The van der Waals surface area contributed by atoms with Gasteiger partial charge in [0.25, 0.3) is 0 Å². The van der Waals surface area contributed by atoms with Crippen LogP contribution in [0.2, 0.25) is 0 Å². The molecule has 2 heterocycles. The van der Waals surface area contributed by atoms with Crippen LogP contribution >= 0.6 is 0 Å². The van der Waals surface area contributed by atoms with Crippen molar-refractivity contribution in [1.82, 2.24) is 4.90 Å². The van der Waals surface area contributed by atoms with E-state index in [2.05, 4.69) is 34.9 Å². The molecule has 6 heteroatoms. The van der Waals surface area contributed by atoms with Crippen LogP contribution in [-0.4, -0.2) is 57.8 Å². The molecule has 0 saturated carbocycles. The summed E-state index contributed by atoms with van der Waals surface area (Å²) in [6, 6.07) is 12.4. The van der Waals surface area contributed by atoms with E-state index in [1.807, 2.05) is 23.1 Å². The molecular weight excluding hydrogens is 366 g/mol. The number of methoxy groups -OCH3 is 2. The minimum absolute atomic E-state index is 0.171. The first-order valence-electron chi connectivity index (χ1n) is 10.2. The van der Waals surface area contributed by atoms with Crippen molar-refractivity contribution in [1.29, 1.82) is 0 Å². The van der Waals surface area contributed by atoms with Crippen molar-refractivity contribution in [3.05, 3.63) is 47.5 Å². The van der Waals surface area contributed by atoms with E-state index in [4.69, 9.17) is 9.47 Å². The van der Waals surface area contributed by atoms with Crippen molar-refractivity contribution in [3.63, 3.8) is 0 Å². The van der Waals surface area contributed by atoms with Gasteiger partial charge in [0.05, 0.1) is 32.1 Å².